The zero-order valence-corrected chi connectivity index (χ0v) is 33.8. The Kier molecular flexibility index (Phi) is 30.0. The van der Waals surface area contributed by atoms with Crippen LogP contribution < -0.4 is 5.32 Å². The summed E-state index contributed by atoms with van der Waals surface area (Å²) in [6.45, 7) is 7.69. The molecule has 1 aliphatic rings. The quantitative estimate of drug-likeness (QED) is 0.0301. The maximum absolute atomic E-state index is 12.7. The van der Waals surface area contributed by atoms with Gasteiger partial charge in [0.05, 0.1) is 5.54 Å². The van der Waals surface area contributed by atoms with Crippen LogP contribution in [0.3, 0.4) is 0 Å². The lowest BCUT2D eigenvalue weighted by Crippen LogP contribution is -2.67. The number of alkyl carbamates (subject to hydrolysis) is 1. The van der Waals surface area contributed by atoms with E-state index in [1.807, 2.05) is 14.0 Å². The number of hydrogen-bond donors (Lipinski definition) is 1. The molecule has 0 radical (unpaired) electrons. The summed E-state index contributed by atoms with van der Waals surface area (Å²) in [4.78, 5) is 39.7. The van der Waals surface area contributed by atoms with Crippen molar-refractivity contribution < 1.29 is 28.6 Å². The number of carbonyl (C=O) groups excluding carboxylic acids is 3. The van der Waals surface area contributed by atoms with Crippen molar-refractivity contribution in [2.24, 2.45) is 0 Å². The molecule has 8 heteroatoms. The van der Waals surface area contributed by atoms with Crippen LogP contribution in [-0.4, -0.2) is 67.9 Å². The van der Waals surface area contributed by atoms with Gasteiger partial charge in [-0.05, 0) is 52.5 Å². The summed E-state index contributed by atoms with van der Waals surface area (Å²) in [5.74, 6) is -0.619. The zero-order chi connectivity index (χ0) is 37.3. The number of nitrogens with zero attached hydrogens (tertiary/aromatic N) is 1. The van der Waals surface area contributed by atoms with E-state index in [9.17, 15) is 14.4 Å². The molecule has 298 valence electrons. The van der Waals surface area contributed by atoms with Crippen LogP contribution in [0.1, 0.15) is 201 Å². The molecule has 1 amide bonds. The second kappa shape index (κ2) is 32.6. The number of unbranched alkanes of at least 4 members (excludes halogenated alkanes) is 23. The van der Waals surface area contributed by atoms with Gasteiger partial charge in [-0.2, -0.15) is 0 Å². The molecule has 1 N–H and O–H groups in total. The first-order chi connectivity index (χ1) is 24.8. The maximum atomic E-state index is 12.7. The third kappa shape index (κ3) is 29.1. The molecule has 0 aromatic heterocycles. The first kappa shape index (κ1) is 46.9. The molecule has 1 aliphatic heterocycles. The van der Waals surface area contributed by atoms with Crippen molar-refractivity contribution in [2.75, 3.05) is 33.4 Å². The van der Waals surface area contributed by atoms with E-state index in [2.05, 4.69) is 36.2 Å². The lowest BCUT2D eigenvalue weighted by atomic mass is 9.93. The van der Waals surface area contributed by atoms with E-state index < -0.39 is 12.2 Å². The van der Waals surface area contributed by atoms with Crippen LogP contribution in [0.4, 0.5) is 4.79 Å². The maximum Gasteiger partial charge on any atom is 0.408 e. The van der Waals surface area contributed by atoms with Gasteiger partial charge in [-0.3, -0.25) is 9.59 Å². The van der Waals surface area contributed by atoms with E-state index in [4.69, 9.17) is 14.2 Å². The number of likely N-dealkylation sites (N-methyl/N-ethyl adjacent to an activating group) is 1. The zero-order valence-electron chi connectivity index (χ0n) is 33.8. The fraction of sp³-hybridized carbons (Fsp3) is 0.884. The molecule has 51 heavy (non-hydrogen) atoms. The number of likely N-dealkylation sites (tertiary alicyclic amines) is 1. The van der Waals surface area contributed by atoms with Crippen molar-refractivity contribution in [2.45, 2.75) is 212 Å². The van der Waals surface area contributed by atoms with Crippen LogP contribution >= 0.6 is 0 Å². The standard InChI is InChI=1S/C43H80N2O6/c1-5-7-9-11-13-15-17-19-20-22-24-26-28-30-32-34-41(47)50-36-39(51-42(48)44-43(3)37-45(4)38-43)35-49-40(46)33-31-29-27-25-23-21-18-16-14-12-10-8-6-2/h19-20,39H,5-18,21-38H2,1-4H3,(H,44,48)/b20-19-. The molecule has 0 saturated carbocycles. The van der Waals surface area contributed by atoms with E-state index >= 15 is 0 Å². The van der Waals surface area contributed by atoms with Gasteiger partial charge in [-0.15, -0.1) is 0 Å². The van der Waals surface area contributed by atoms with Crippen molar-refractivity contribution >= 4 is 18.0 Å². The van der Waals surface area contributed by atoms with Gasteiger partial charge in [0.15, 0.2) is 6.10 Å². The van der Waals surface area contributed by atoms with Gasteiger partial charge in [0.2, 0.25) is 0 Å². The highest BCUT2D eigenvalue weighted by Gasteiger charge is 2.38. The van der Waals surface area contributed by atoms with Gasteiger partial charge in [0, 0.05) is 25.9 Å². The lowest BCUT2D eigenvalue weighted by Gasteiger charge is -2.46. The van der Waals surface area contributed by atoms with Gasteiger partial charge >= 0.3 is 18.0 Å². The molecule has 0 aliphatic carbocycles. The van der Waals surface area contributed by atoms with E-state index in [0.717, 1.165) is 58.0 Å². The average molecular weight is 721 g/mol. The number of rotatable bonds is 35. The molecule has 0 bridgehead atoms. The van der Waals surface area contributed by atoms with Crippen molar-refractivity contribution in [1.29, 1.82) is 0 Å². The molecule has 1 saturated heterocycles. The van der Waals surface area contributed by atoms with Gasteiger partial charge in [0.25, 0.3) is 0 Å². The van der Waals surface area contributed by atoms with Gasteiger partial charge in [-0.1, -0.05) is 154 Å². The number of esters is 2. The summed E-state index contributed by atoms with van der Waals surface area (Å²) in [6, 6.07) is 0. The van der Waals surface area contributed by atoms with Gasteiger partial charge in [-0.25, -0.2) is 4.79 Å². The summed E-state index contributed by atoms with van der Waals surface area (Å²) in [7, 11) is 1.99. The van der Waals surface area contributed by atoms with Crippen LogP contribution in [0.25, 0.3) is 0 Å². The van der Waals surface area contributed by atoms with Crippen LogP contribution in [0.5, 0.6) is 0 Å². The Labute approximate surface area is 314 Å². The number of carbonyl (C=O) groups is 3. The molecular weight excluding hydrogens is 640 g/mol. The Morgan fingerprint density at radius 2 is 0.941 bits per heavy atom. The second-order valence-corrected chi connectivity index (χ2v) is 15.6. The first-order valence-corrected chi connectivity index (χ1v) is 21.4. The van der Waals surface area contributed by atoms with Crippen molar-refractivity contribution in [1.82, 2.24) is 10.2 Å². The SMILES string of the molecule is CCCCCCCC/C=C\CCCCCCCC(=O)OCC(COC(=O)CCCCCCCCCCCCCCC)OC(=O)NC1(C)CN(C)C1. The Morgan fingerprint density at radius 1 is 0.588 bits per heavy atom. The normalized spacial score (nSPS) is 14.7. The molecule has 1 atom stereocenters. The summed E-state index contributed by atoms with van der Waals surface area (Å²) >= 11 is 0. The smallest absolute Gasteiger partial charge is 0.408 e. The predicted octanol–water partition coefficient (Wildman–Crippen LogP) is 11.4. The predicted molar refractivity (Wildman–Crippen MR) is 211 cm³/mol. The highest BCUT2D eigenvalue weighted by molar-refractivity contribution is 5.70. The molecule has 0 aromatic rings. The van der Waals surface area contributed by atoms with Crippen LogP contribution in [-0.2, 0) is 23.8 Å². The minimum Gasteiger partial charge on any atom is -0.462 e. The third-order valence-electron chi connectivity index (χ3n) is 9.90. The molecule has 1 rings (SSSR count). The monoisotopic (exact) mass is 721 g/mol. The van der Waals surface area contributed by atoms with Crippen molar-refractivity contribution in [3.05, 3.63) is 12.2 Å². The number of nitrogens with one attached hydrogen (secondary N) is 1. The van der Waals surface area contributed by atoms with Gasteiger partial charge in [0.1, 0.15) is 13.2 Å². The van der Waals surface area contributed by atoms with Crippen LogP contribution in [0.2, 0.25) is 0 Å². The van der Waals surface area contributed by atoms with E-state index in [-0.39, 0.29) is 30.7 Å². The number of ether oxygens (including phenoxy) is 3. The number of allylic oxidation sites excluding steroid dienone is 2. The van der Waals surface area contributed by atoms with Crippen molar-refractivity contribution in [3.8, 4) is 0 Å². The van der Waals surface area contributed by atoms with E-state index in [1.54, 1.807) is 0 Å². The molecule has 0 spiro atoms. The fourth-order valence-corrected chi connectivity index (χ4v) is 6.91. The minimum atomic E-state index is -0.847. The molecule has 8 nitrogen and oxygen atoms in total. The molecule has 0 aromatic carbocycles. The molecule has 1 unspecified atom stereocenters. The Hall–Kier alpha value is -2.09. The van der Waals surface area contributed by atoms with Crippen LogP contribution in [0, 0.1) is 0 Å². The molecule has 1 heterocycles. The van der Waals surface area contributed by atoms with Gasteiger partial charge < -0.3 is 24.4 Å². The molecule has 1 fully saturated rings. The largest absolute Gasteiger partial charge is 0.462 e. The highest BCUT2D eigenvalue weighted by Crippen LogP contribution is 2.19. The summed E-state index contributed by atoms with van der Waals surface area (Å²) in [5, 5.41) is 2.90. The van der Waals surface area contributed by atoms with Crippen molar-refractivity contribution in [3.63, 3.8) is 0 Å². The summed E-state index contributed by atoms with van der Waals surface area (Å²) in [6.07, 6.45) is 35.7. The Balaban J connectivity index is 2.21. The topological polar surface area (TPSA) is 94.2 Å². The minimum absolute atomic E-state index is 0.123. The Bertz CT molecular complexity index is 888. The summed E-state index contributed by atoms with van der Waals surface area (Å²) < 4.78 is 16.5. The highest BCUT2D eigenvalue weighted by atomic mass is 16.6. The number of hydrogen-bond acceptors (Lipinski definition) is 7. The summed E-state index contributed by atoms with van der Waals surface area (Å²) in [5.41, 5.74) is -0.359. The number of amides is 1. The molecular formula is C43H80N2O6. The fourth-order valence-electron chi connectivity index (χ4n) is 6.91. The van der Waals surface area contributed by atoms with E-state index in [0.29, 0.717) is 12.8 Å². The second-order valence-electron chi connectivity index (χ2n) is 15.6. The first-order valence-electron chi connectivity index (χ1n) is 21.4. The van der Waals surface area contributed by atoms with Crippen LogP contribution in [0.15, 0.2) is 12.2 Å². The average Bonchev–Trinajstić information content (AvgIpc) is 3.09. The Morgan fingerprint density at radius 3 is 1.31 bits per heavy atom. The third-order valence-corrected chi connectivity index (χ3v) is 9.90. The van der Waals surface area contributed by atoms with E-state index in [1.165, 1.54) is 122 Å². The lowest BCUT2D eigenvalue weighted by molar-refractivity contribution is -0.152.